The fourth-order valence-corrected chi connectivity index (χ4v) is 3.63. The summed E-state index contributed by atoms with van der Waals surface area (Å²) in [5.41, 5.74) is 2.91. The first-order valence-electron chi connectivity index (χ1n) is 6.94. The number of benzene rings is 2. The van der Waals surface area contributed by atoms with Crippen molar-refractivity contribution < 1.29 is 0 Å². The number of hydrogen-bond donors (Lipinski definition) is 0. The lowest BCUT2D eigenvalue weighted by Gasteiger charge is -2.16. The summed E-state index contributed by atoms with van der Waals surface area (Å²) >= 11 is 6.31. The Kier molecular flexibility index (Phi) is 2.53. The molecule has 0 nitrogen and oxygen atoms in total. The van der Waals surface area contributed by atoms with Crippen LogP contribution in [0.5, 0.6) is 0 Å². The van der Waals surface area contributed by atoms with Gasteiger partial charge in [-0.15, -0.1) is 0 Å². The van der Waals surface area contributed by atoms with Crippen molar-refractivity contribution in [3.05, 3.63) is 58.0 Å². The van der Waals surface area contributed by atoms with E-state index in [9.17, 15) is 0 Å². The molecule has 0 heterocycles. The first-order chi connectivity index (χ1) is 9.34. The summed E-state index contributed by atoms with van der Waals surface area (Å²) in [6.45, 7) is 0. The van der Waals surface area contributed by atoms with Crippen LogP contribution in [-0.4, -0.2) is 0 Å². The molecule has 2 aromatic carbocycles. The van der Waals surface area contributed by atoms with Crippen LogP contribution >= 0.6 is 11.6 Å². The standard InChI is InChI=1S/C18H15Cl/c19-18-7-3-6-14-16-9-8-12-4-1-2-5-13(12)15(16)10-11-17(14)18/h3-4,7-11H,1-2,5-6H2. The maximum atomic E-state index is 6.31. The van der Waals surface area contributed by atoms with E-state index >= 15 is 0 Å². The predicted octanol–water partition coefficient (Wildman–Crippen LogP) is 3.42. The lowest BCUT2D eigenvalue weighted by atomic mass is 9.89. The van der Waals surface area contributed by atoms with E-state index in [4.69, 9.17) is 11.6 Å². The Morgan fingerprint density at radius 3 is 2.74 bits per heavy atom. The minimum Gasteiger partial charge on any atom is -0.0837 e. The summed E-state index contributed by atoms with van der Waals surface area (Å²) < 4.78 is 0. The number of aryl methyl sites for hydroxylation is 1. The van der Waals surface area contributed by atoms with Gasteiger partial charge in [0.05, 0.1) is 0 Å². The van der Waals surface area contributed by atoms with Crippen LogP contribution in [0, 0.1) is 0 Å². The Labute approximate surface area is 117 Å². The molecule has 0 N–H and O–H groups in total. The van der Waals surface area contributed by atoms with Gasteiger partial charge in [0.1, 0.15) is 0 Å². The molecule has 2 aliphatic carbocycles. The number of fused-ring (bicyclic) bond motifs is 5. The van der Waals surface area contributed by atoms with Crippen LogP contribution in [-0.2, 0) is 12.8 Å². The largest absolute Gasteiger partial charge is 0.0837 e. The van der Waals surface area contributed by atoms with Gasteiger partial charge in [-0.1, -0.05) is 48.0 Å². The molecule has 0 aliphatic heterocycles. The second-order valence-corrected chi connectivity index (χ2v) is 5.78. The summed E-state index contributed by atoms with van der Waals surface area (Å²) in [6.07, 6.45) is 11.2. The second-order valence-electron chi connectivity index (χ2n) is 5.37. The quantitative estimate of drug-likeness (QED) is 0.686. The number of allylic oxidation sites excluding steroid dienone is 2. The van der Waals surface area contributed by atoms with Crippen LogP contribution in [0.1, 0.15) is 24.0 Å². The van der Waals surface area contributed by atoms with Crippen LogP contribution in [0.3, 0.4) is 0 Å². The Morgan fingerprint density at radius 1 is 0.947 bits per heavy atom. The topological polar surface area (TPSA) is 0 Å². The summed E-state index contributed by atoms with van der Waals surface area (Å²) in [5.74, 6) is 0. The zero-order chi connectivity index (χ0) is 12.8. The fourth-order valence-electron chi connectivity index (χ4n) is 3.37. The summed E-state index contributed by atoms with van der Waals surface area (Å²) in [4.78, 5) is 0. The Hall–Kier alpha value is -1.53. The zero-order valence-corrected chi connectivity index (χ0v) is 11.5. The molecule has 0 aromatic heterocycles. The molecule has 0 atom stereocenters. The van der Waals surface area contributed by atoms with E-state index in [-0.39, 0.29) is 0 Å². The number of halogens is 1. The van der Waals surface area contributed by atoms with Gasteiger partial charge in [-0.05, 0) is 64.1 Å². The van der Waals surface area contributed by atoms with Crippen LogP contribution in [0.25, 0.3) is 21.9 Å². The first-order valence-corrected chi connectivity index (χ1v) is 7.32. The third kappa shape index (κ3) is 1.67. The Morgan fingerprint density at radius 2 is 1.79 bits per heavy atom. The highest BCUT2D eigenvalue weighted by Gasteiger charge is 2.12. The van der Waals surface area contributed by atoms with Crippen LogP contribution in [0.15, 0.2) is 36.4 Å². The molecule has 0 amide bonds. The van der Waals surface area contributed by atoms with Gasteiger partial charge < -0.3 is 0 Å². The van der Waals surface area contributed by atoms with Crippen molar-refractivity contribution in [2.24, 2.45) is 0 Å². The molecular formula is C18H15Cl. The summed E-state index contributed by atoms with van der Waals surface area (Å²) in [6, 6.07) is 9.01. The van der Waals surface area contributed by atoms with Crippen molar-refractivity contribution in [1.29, 1.82) is 0 Å². The lowest BCUT2D eigenvalue weighted by Crippen LogP contribution is -2.17. The van der Waals surface area contributed by atoms with Gasteiger partial charge in [0.25, 0.3) is 0 Å². The van der Waals surface area contributed by atoms with E-state index in [1.165, 1.54) is 51.6 Å². The summed E-state index contributed by atoms with van der Waals surface area (Å²) in [5, 5.41) is 6.31. The molecule has 1 heteroatoms. The fraction of sp³-hybridized carbons (Fsp3) is 0.222. The van der Waals surface area contributed by atoms with Crippen LogP contribution < -0.4 is 10.4 Å². The zero-order valence-electron chi connectivity index (χ0n) is 10.7. The maximum Gasteiger partial charge on any atom is 0.0478 e. The van der Waals surface area contributed by atoms with Gasteiger partial charge >= 0.3 is 0 Å². The average Bonchev–Trinajstić information content (AvgIpc) is 2.47. The van der Waals surface area contributed by atoms with E-state index < -0.39 is 0 Å². The third-order valence-electron chi connectivity index (χ3n) is 4.30. The second kappa shape index (κ2) is 4.25. The van der Waals surface area contributed by atoms with Gasteiger partial charge in [-0.3, -0.25) is 0 Å². The minimum atomic E-state index is 0.868. The molecule has 94 valence electrons. The smallest absolute Gasteiger partial charge is 0.0478 e. The maximum absolute atomic E-state index is 6.31. The first kappa shape index (κ1) is 11.3. The number of rotatable bonds is 0. The Balaban J connectivity index is 2.17. The highest BCUT2D eigenvalue weighted by Crippen LogP contribution is 2.24. The molecular weight excluding hydrogens is 252 g/mol. The van der Waals surface area contributed by atoms with Gasteiger partial charge in [0.15, 0.2) is 0 Å². The monoisotopic (exact) mass is 266 g/mol. The van der Waals surface area contributed by atoms with Crippen LogP contribution in [0.4, 0.5) is 0 Å². The SMILES string of the molecule is ClC1=c2ccc3c4c(ccc3c2CC=C1)=CCCC4. The molecule has 4 rings (SSSR count). The molecule has 0 fully saturated rings. The summed E-state index contributed by atoms with van der Waals surface area (Å²) in [7, 11) is 0. The van der Waals surface area contributed by atoms with E-state index in [2.05, 4.69) is 36.4 Å². The van der Waals surface area contributed by atoms with E-state index in [1.807, 2.05) is 6.08 Å². The molecule has 0 spiro atoms. The van der Waals surface area contributed by atoms with Crippen LogP contribution in [0.2, 0.25) is 0 Å². The average molecular weight is 267 g/mol. The van der Waals surface area contributed by atoms with E-state index in [1.54, 1.807) is 0 Å². The molecule has 0 saturated carbocycles. The van der Waals surface area contributed by atoms with Gasteiger partial charge in [-0.25, -0.2) is 0 Å². The highest BCUT2D eigenvalue weighted by molar-refractivity contribution is 6.47. The van der Waals surface area contributed by atoms with Gasteiger partial charge in [-0.2, -0.15) is 0 Å². The molecule has 19 heavy (non-hydrogen) atoms. The normalized spacial score (nSPS) is 17.0. The van der Waals surface area contributed by atoms with Gasteiger partial charge in [0, 0.05) is 5.03 Å². The molecule has 0 radical (unpaired) electrons. The van der Waals surface area contributed by atoms with Crippen molar-refractivity contribution in [2.45, 2.75) is 25.7 Å². The van der Waals surface area contributed by atoms with Gasteiger partial charge in [0.2, 0.25) is 0 Å². The van der Waals surface area contributed by atoms with Crippen molar-refractivity contribution in [3.8, 4) is 0 Å². The number of hydrogen-bond acceptors (Lipinski definition) is 0. The van der Waals surface area contributed by atoms with E-state index in [0.29, 0.717) is 0 Å². The molecule has 0 saturated heterocycles. The third-order valence-corrected chi connectivity index (χ3v) is 4.63. The minimum absolute atomic E-state index is 0.868. The predicted molar refractivity (Wildman–Crippen MR) is 82.7 cm³/mol. The molecule has 0 unspecified atom stereocenters. The van der Waals surface area contributed by atoms with Crippen molar-refractivity contribution in [1.82, 2.24) is 0 Å². The molecule has 0 bridgehead atoms. The molecule has 2 aromatic rings. The van der Waals surface area contributed by atoms with E-state index in [0.717, 1.165) is 11.5 Å². The molecule has 2 aliphatic rings. The highest BCUT2D eigenvalue weighted by atomic mass is 35.5. The van der Waals surface area contributed by atoms with Crippen molar-refractivity contribution in [2.75, 3.05) is 0 Å². The lowest BCUT2D eigenvalue weighted by molar-refractivity contribution is 0.843. The van der Waals surface area contributed by atoms with Crippen molar-refractivity contribution >= 4 is 33.5 Å². The Bertz CT molecular complexity index is 825. The van der Waals surface area contributed by atoms with Crippen molar-refractivity contribution in [3.63, 3.8) is 0 Å².